The minimum absolute atomic E-state index is 0.00699. The molecule has 1 aliphatic heterocycles. The fourth-order valence-electron chi connectivity index (χ4n) is 1.49. The molecule has 0 spiro atoms. The zero-order valence-electron chi connectivity index (χ0n) is 7.94. The molecule has 14 heavy (non-hydrogen) atoms. The number of halogens is 1. The van der Waals surface area contributed by atoms with E-state index in [2.05, 4.69) is 21.2 Å². The largest absolute Gasteiger partial charge is 0.367 e. The number of hydrogen-bond donors (Lipinski definition) is 0. The molecule has 1 atom stereocenters. The van der Waals surface area contributed by atoms with E-state index in [9.17, 15) is 0 Å². The molecule has 0 aromatic carbocycles. The third-order valence-corrected chi connectivity index (χ3v) is 3.11. The summed E-state index contributed by atoms with van der Waals surface area (Å²) < 4.78 is 10.2. The van der Waals surface area contributed by atoms with Crippen LogP contribution in [0.4, 0.5) is 0 Å². The monoisotopic (exact) mass is 233 g/mol. The van der Waals surface area contributed by atoms with E-state index < -0.39 is 0 Å². The van der Waals surface area contributed by atoms with E-state index in [0.29, 0.717) is 4.47 Å². The Balaban J connectivity index is 2.04. The quantitative estimate of drug-likeness (QED) is 0.778. The number of nitrogens with zero attached hydrogens (tertiary/aromatic N) is 3. The zero-order chi connectivity index (χ0) is 9.97. The summed E-state index contributed by atoms with van der Waals surface area (Å²) in [7, 11) is 0. The SMILES string of the molecule is CCN1CCOC(c2nsc(Cl)n2)C1. The lowest BCUT2D eigenvalue weighted by Crippen LogP contribution is -2.38. The highest BCUT2D eigenvalue weighted by Gasteiger charge is 2.24. The predicted octanol–water partition coefficient (Wildman–Crippen LogP) is 1.58. The summed E-state index contributed by atoms with van der Waals surface area (Å²) >= 11 is 6.94. The van der Waals surface area contributed by atoms with Crippen LogP contribution < -0.4 is 0 Å². The highest BCUT2D eigenvalue weighted by Crippen LogP contribution is 2.22. The molecule has 0 saturated carbocycles. The highest BCUT2D eigenvalue weighted by atomic mass is 35.5. The van der Waals surface area contributed by atoms with Crippen LogP contribution in [0.1, 0.15) is 18.9 Å². The molecule has 1 saturated heterocycles. The first-order valence-corrected chi connectivity index (χ1v) is 5.77. The smallest absolute Gasteiger partial charge is 0.203 e. The van der Waals surface area contributed by atoms with Crippen LogP contribution in [0.15, 0.2) is 0 Å². The van der Waals surface area contributed by atoms with Crippen molar-refractivity contribution in [3.8, 4) is 0 Å². The van der Waals surface area contributed by atoms with Crippen LogP contribution in [0, 0.1) is 0 Å². The van der Waals surface area contributed by atoms with Crippen molar-refractivity contribution < 1.29 is 4.74 Å². The molecule has 1 aromatic rings. The molecule has 6 heteroatoms. The van der Waals surface area contributed by atoms with Gasteiger partial charge in [0.1, 0.15) is 6.10 Å². The summed E-state index contributed by atoms with van der Waals surface area (Å²) in [5.74, 6) is 0.721. The van der Waals surface area contributed by atoms with Gasteiger partial charge in [0, 0.05) is 13.1 Å². The van der Waals surface area contributed by atoms with Crippen LogP contribution in [0.2, 0.25) is 4.47 Å². The van der Waals surface area contributed by atoms with E-state index in [1.807, 2.05) is 0 Å². The summed E-state index contributed by atoms with van der Waals surface area (Å²) in [6.07, 6.45) is -0.00699. The summed E-state index contributed by atoms with van der Waals surface area (Å²) in [6, 6.07) is 0. The van der Waals surface area contributed by atoms with Gasteiger partial charge in [-0.3, -0.25) is 4.90 Å². The Kier molecular flexibility index (Phi) is 3.33. The van der Waals surface area contributed by atoms with Gasteiger partial charge in [-0.05, 0) is 29.7 Å². The van der Waals surface area contributed by atoms with E-state index in [4.69, 9.17) is 16.3 Å². The Morgan fingerprint density at radius 3 is 3.21 bits per heavy atom. The van der Waals surface area contributed by atoms with Gasteiger partial charge >= 0.3 is 0 Å². The van der Waals surface area contributed by atoms with Gasteiger partial charge in [0.25, 0.3) is 0 Å². The highest BCUT2D eigenvalue weighted by molar-refractivity contribution is 7.10. The maximum atomic E-state index is 5.73. The van der Waals surface area contributed by atoms with Gasteiger partial charge in [0.05, 0.1) is 6.61 Å². The lowest BCUT2D eigenvalue weighted by Gasteiger charge is -2.30. The molecule has 4 nitrogen and oxygen atoms in total. The Morgan fingerprint density at radius 2 is 2.57 bits per heavy atom. The van der Waals surface area contributed by atoms with Crippen LogP contribution in [-0.2, 0) is 4.74 Å². The summed E-state index contributed by atoms with van der Waals surface area (Å²) in [6.45, 7) is 5.78. The van der Waals surface area contributed by atoms with E-state index in [-0.39, 0.29) is 6.10 Å². The average Bonchev–Trinajstić information content (AvgIpc) is 2.65. The number of likely N-dealkylation sites (N-methyl/N-ethyl adjacent to an activating group) is 1. The Morgan fingerprint density at radius 1 is 1.71 bits per heavy atom. The summed E-state index contributed by atoms with van der Waals surface area (Å²) in [5, 5.41) is 0. The first kappa shape index (κ1) is 10.3. The third kappa shape index (κ3) is 2.23. The van der Waals surface area contributed by atoms with Crippen molar-refractivity contribution in [1.29, 1.82) is 0 Å². The van der Waals surface area contributed by atoms with E-state index in [1.165, 1.54) is 11.5 Å². The normalized spacial score (nSPS) is 24.0. The Labute approximate surface area is 92.0 Å². The van der Waals surface area contributed by atoms with E-state index in [1.54, 1.807) is 0 Å². The maximum absolute atomic E-state index is 5.73. The van der Waals surface area contributed by atoms with Crippen molar-refractivity contribution in [2.75, 3.05) is 26.2 Å². The molecule has 2 rings (SSSR count). The average molecular weight is 234 g/mol. The van der Waals surface area contributed by atoms with Crippen molar-refractivity contribution in [3.05, 3.63) is 10.3 Å². The lowest BCUT2D eigenvalue weighted by atomic mass is 10.2. The molecule has 78 valence electrons. The lowest BCUT2D eigenvalue weighted by molar-refractivity contribution is -0.0320. The standard InChI is InChI=1S/C8H12ClN3OS/c1-2-12-3-4-13-6(5-12)7-10-8(9)14-11-7/h6H,2-5H2,1H3. The molecular formula is C8H12ClN3OS. The number of rotatable bonds is 2. The van der Waals surface area contributed by atoms with Crippen LogP contribution >= 0.6 is 23.1 Å². The summed E-state index contributed by atoms with van der Waals surface area (Å²) in [4.78, 5) is 6.45. The van der Waals surface area contributed by atoms with Gasteiger partial charge in [0.15, 0.2) is 5.82 Å². The molecule has 1 unspecified atom stereocenters. The molecular weight excluding hydrogens is 222 g/mol. The van der Waals surface area contributed by atoms with Gasteiger partial charge in [-0.25, -0.2) is 4.98 Å². The van der Waals surface area contributed by atoms with E-state index >= 15 is 0 Å². The van der Waals surface area contributed by atoms with Crippen molar-refractivity contribution >= 4 is 23.1 Å². The second-order valence-electron chi connectivity index (χ2n) is 3.16. The van der Waals surface area contributed by atoms with Crippen LogP contribution in [-0.4, -0.2) is 40.5 Å². The molecule has 0 radical (unpaired) electrons. The van der Waals surface area contributed by atoms with Gasteiger partial charge in [-0.2, -0.15) is 4.37 Å². The first-order chi connectivity index (χ1) is 6.79. The van der Waals surface area contributed by atoms with Crippen molar-refractivity contribution in [2.24, 2.45) is 0 Å². The second-order valence-corrected chi connectivity index (χ2v) is 4.49. The zero-order valence-corrected chi connectivity index (χ0v) is 9.51. The maximum Gasteiger partial charge on any atom is 0.203 e. The fraction of sp³-hybridized carbons (Fsp3) is 0.750. The topological polar surface area (TPSA) is 38.2 Å². The number of hydrogen-bond acceptors (Lipinski definition) is 5. The van der Waals surface area contributed by atoms with Gasteiger partial charge in [0.2, 0.25) is 4.47 Å². The van der Waals surface area contributed by atoms with Gasteiger partial charge < -0.3 is 4.74 Å². The number of morpholine rings is 1. The van der Waals surface area contributed by atoms with Crippen LogP contribution in [0.25, 0.3) is 0 Å². The molecule has 0 N–H and O–H groups in total. The second kappa shape index (κ2) is 4.53. The minimum atomic E-state index is -0.00699. The molecule has 1 aliphatic rings. The molecule has 2 heterocycles. The number of ether oxygens (including phenoxy) is 1. The Hall–Kier alpha value is -0.230. The van der Waals surface area contributed by atoms with Crippen LogP contribution in [0.3, 0.4) is 0 Å². The summed E-state index contributed by atoms with van der Waals surface area (Å²) in [5.41, 5.74) is 0. The van der Waals surface area contributed by atoms with Crippen molar-refractivity contribution in [3.63, 3.8) is 0 Å². The molecule has 1 fully saturated rings. The number of aromatic nitrogens is 2. The minimum Gasteiger partial charge on any atom is -0.367 e. The van der Waals surface area contributed by atoms with Crippen molar-refractivity contribution in [1.82, 2.24) is 14.3 Å². The molecule has 0 amide bonds. The van der Waals surface area contributed by atoms with Crippen molar-refractivity contribution in [2.45, 2.75) is 13.0 Å². The van der Waals surface area contributed by atoms with Gasteiger partial charge in [-0.15, -0.1) is 0 Å². The molecule has 1 aromatic heterocycles. The Bertz CT molecular complexity index is 307. The molecule has 0 bridgehead atoms. The van der Waals surface area contributed by atoms with E-state index in [0.717, 1.165) is 32.1 Å². The molecule has 0 aliphatic carbocycles. The van der Waals surface area contributed by atoms with Gasteiger partial charge in [-0.1, -0.05) is 6.92 Å². The first-order valence-electron chi connectivity index (χ1n) is 4.62. The predicted molar refractivity (Wildman–Crippen MR) is 55.7 cm³/mol. The third-order valence-electron chi connectivity index (χ3n) is 2.30. The van der Waals surface area contributed by atoms with Crippen LogP contribution in [0.5, 0.6) is 0 Å². The fourth-order valence-corrected chi connectivity index (χ4v) is 2.14.